The zero-order chi connectivity index (χ0) is 15.3. The van der Waals surface area contributed by atoms with Crippen molar-refractivity contribution in [1.29, 1.82) is 0 Å². The van der Waals surface area contributed by atoms with Crippen LogP contribution in [0, 0.1) is 0 Å². The maximum atomic E-state index is 5.80. The van der Waals surface area contributed by atoms with Crippen molar-refractivity contribution in [3.63, 3.8) is 0 Å². The smallest absolute Gasteiger partial charge is 0.0205 e. The van der Waals surface area contributed by atoms with Crippen molar-refractivity contribution in [2.24, 2.45) is 5.73 Å². The molecule has 1 unspecified atom stereocenters. The average molecular weight is 284 g/mol. The van der Waals surface area contributed by atoms with E-state index in [4.69, 9.17) is 5.73 Å². The number of benzene rings is 2. The maximum absolute atomic E-state index is 5.80. The van der Waals surface area contributed by atoms with Gasteiger partial charge in [0.2, 0.25) is 0 Å². The van der Waals surface area contributed by atoms with Crippen LogP contribution in [0.1, 0.15) is 31.4 Å². The first-order valence-corrected chi connectivity index (χ1v) is 7.80. The molecule has 2 aromatic carbocycles. The van der Waals surface area contributed by atoms with Crippen LogP contribution in [0.25, 0.3) is 0 Å². The van der Waals surface area contributed by atoms with Crippen LogP contribution in [-0.4, -0.2) is 12.6 Å². The molecule has 0 aliphatic heterocycles. The second kappa shape index (κ2) is 11.1. The van der Waals surface area contributed by atoms with Crippen LogP contribution in [0.5, 0.6) is 0 Å². The van der Waals surface area contributed by atoms with Crippen LogP contribution in [0.15, 0.2) is 60.7 Å². The van der Waals surface area contributed by atoms with Crippen molar-refractivity contribution in [2.75, 3.05) is 6.54 Å². The Balaban J connectivity index is 0.000000211. The predicted molar refractivity (Wildman–Crippen MR) is 92.2 cm³/mol. The zero-order valence-corrected chi connectivity index (χ0v) is 13.3. The summed E-state index contributed by atoms with van der Waals surface area (Å²) in [6.07, 6.45) is 2.05. The molecule has 2 heteroatoms. The van der Waals surface area contributed by atoms with Gasteiger partial charge in [0, 0.05) is 12.6 Å². The van der Waals surface area contributed by atoms with E-state index >= 15 is 0 Å². The lowest BCUT2D eigenvalue weighted by Crippen LogP contribution is -2.21. The molecule has 2 aromatic rings. The summed E-state index contributed by atoms with van der Waals surface area (Å²) in [6.45, 7) is 6.25. The first-order chi connectivity index (χ1) is 10.3. The van der Waals surface area contributed by atoms with Gasteiger partial charge in [0.25, 0.3) is 0 Å². The Hall–Kier alpha value is -1.64. The van der Waals surface area contributed by atoms with E-state index in [2.05, 4.69) is 67.7 Å². The molecule has 0 aromatic heterocycles. The standard InChI is InChI=1S/C10H15N.C9H13N/c1-2-10(11)8-9-6-4-3-5-7-9;1-2-10-8-9-6-4-3-5-7-9/h3-7,10H,2,8,11H2,1H3;3-7,10H,2,8H2,1H3. The van der Waals surface area contributed by atoms with E-state index in [0.717, 1.165) is 25.9 Å². The molecule has 0 bridgehead atoms. The quantitative estimate of drug-likeness (QED) is 0.847. The van der Waals surface area contributed by atoms with Crippen LogP contribution in [-0.2, 0) is 13.0 Å². The molecule has 2 nitrogen and oxygen atoms in total. The summed E-state index contributed by atoms with van der Waals surface area (Å²) >= 11 is 0. The van der Waals surface area contributed by atoms with Gasteiger partial charge in [-0.15, -0.1) is 0 Å². The highest BCUT2D eigenvalue weighted by Crippen LogP contribution is 2.02. The normalized spacial score (nSPS) is 11.4. The molecule has 0 saturated heterocycles. The monoisotopic (exact) mass is 284 g/mol. The summed E-state index contributed by atoms with van der Waals surface area (Å²) in [5.41, 5.74) is 8.49. The van der Waals surface area contributed by atoms with Crippen LogP contribution >= 0.6 is 0 Å². The Morgan fingerprint density at radius 3 is 1.86 bits per heavy atom. The van der Waals surface area contributed by atoms with E-state index in [1.54, 1.807) is 0 Å². The van der Waals surface area contributed by atoms with Crippen molar-refractivity contribution in [2.45, 2.75) is 39.3 Å². The molecule has 0 heterocycles. The van der Waals surface area contributed by atoms with Crippen LogP contribution in [0.4, 0.5) is 0 Å². The molecule has 2 rings (SSSR count). The van der Waals surface area contributed by atoms with E-state index in [1.165, 1.54) is 11.1 Å². The maximum Gasteiger partial charge on any atom is 0.0205 e. The Bertz CT molecular complexity index is 454. The third kappa shape index (κ3) is 8.28. The minimum absolute atomic E-state index is 0.317. The van der Waals surface area contributed by atoms with Crippen molar-refractivity contribution in [3.05, 3.63) is 71.8 Å². The molecule has 0 aliphatic carbocycles. The van der Waals surface area contributed by atoms with Gasteiger partial charge >= 0.3 is 0 Å². The van der Waals surface area contributed by atoms with Crippen molar-refractivity contribution >= 4 is 0 Å². The number of hydrogen-bond donors (Lipinski definition) is 2. The minimum atomic E-state index is 0.317. The summed E-state index contributed by atoms with van der Waals surface area (Å²) in [6, 6.07) is 21.1. The number of hydrogen-bond acceptors (Lipinski definition) is 2. The Labute approximate surface area is 129 Å². The van der Waals surface area contributed by atoms with Gasteiger partial charge in [0.15, 0.2) is 0 Å². The summed E-state index contributed by atoms with van der Waals surface area (Å²) in [7, 11) is 0. The molecule has 0 saturated carbocycles. The second-order valence-electron chi connectivity index (χ2n) is 5.12. The fourth-order valence-electron chi connectivity index (χ4n) is 1.93. The SMILES string of the molecule is CCC(N)Cc1ccccc1.CCNCc1ccccc1. The highest BCUT2D eigenvalue weighted by molar-refractivity contribution is 5.15. The molecule has 0 amide bonds. The van der Waals surface area contributed by atoms with E-state index in [9.17, 15) is 0 Å². The molecule has 0 fully saturated rings. The van der Waals surface area contributed by atoms with E-state index in [1.807, 2.05) is 12.1 Å². The molecule has 0 aliphatic rings. The first kappa shape index (κ1) is 17.4. The van der Waals surface area contributed by atoms with E-state index in [-0.39, 0.29) is 0 Å². The van der Waals surface area contributed by atoms with Crippen LogP contribution in [0.2, 0.25) is 0 Å². The Kier molecular flexibility index (Phi) is 9.18. The predicted octanol–water partition coefficient (Wildman–Crippen LogP) is 3.76. The van der Waals surface area contributed by atoms with Gasteiger partial charge in [-0.25, -0.2) is 0 Å². The molecule has 114 valence electrons. The van der Waals surface area contributed by atoms with Crippen LogP contribution < -0.4 is 11.1 Å². The van der Waals surface area contributed by atoms with Gasteiger partial charge < -0.3 is 11.1 Å². The lowest BCUT2D eigenvalue weighted by molar-refractivity contribution is 0.646. The Morgan fingerprint density at radius 1 is 0.857 bits per heavy atom. The number of rotatable bonds is 6. The molecule has 0 radical (unpaired) electrons. The van der Waals surface area contributed by atoms with Crippen molar-refractivity contribution in [1.82, 2.24) is 5.32 Å². The van der Waals surface area contributed by atoms with Crippen LogP contribution in [0.3, 0.4) is 0 Å². The topological polar surface area (TPSA) is 38.0 Å². The third-order valence-electron chi connectivity index (χ3n) is 3.29. The fraction of sp³-hybridized carbons (Fsp3) is 0.368. The highest BCUT2D eigenvalue weighted by Gasteiger charge is 1.98. The third-order valence-corrected chi connectivity index (χ3v) is 3.29. The molecule has 1 atom stereocenters. The molecule has 21 heavy (non-hydrogen) atoms. The lowest BCUT2D eigenvalue weighted by atomic mass is 10.1. The highest BCUT2D eigenvalue weighted by atomic mass is 14.8. The number of nitrogens with one attached hydrogen (secondary N) is 1. The van der Waals surface area contributed by atoms with Gasteiger partial charge in [-0.2, -0.15) is 0 Å². The Morgan fingerprint density at radius 2 is 1.38 bits per heavy atom. The summed E-state index contributed by atoms with van der Waals surface area (Å²) in [5, 5.41) is 3.26. The van der Waals surface area contributed by atoms with E-state index < -0.39 is 0 Å². The second-order valence-corrected chi connectivity index (χ2v) is 5.12. The van der Waals surface area contributed by atoms with Crippen molar-refractivity contribution in [3.8, 4) is 0 Å². The first-order valence-electron chi connectivity index (χ1n) is 7.80. The molecular weight excluding hydrogens is 256 g/mol. The summed E-state index contributed by atoms with van der Waals surface area (Å²) in [5.74, 6) is 0. The fourth-order valence-corrected chi connectivity index (χ4v) is 1.93. The molecular formula is C19H28N2. The zero-order valence-electron chi connectivity index (χ0n) is 13.3. The number of nitrogens with two attached hydrogens (primary N) is 1. The van der Waals surface area contributed by atoms with Gasteiger partial charge in [0.1, 0.15) is 0 Å². The van der Waals surface area contributed by atoms with Gasteiger partial charge in [-0.05, 0) is 30.5 Å². The summed E-state index contributed by atoms with van der Waals surface area (Å²) in [4.78, 5) is 0. The molecule has 0 spiro atoms. The van der Waals surface area contributed by atoms with Crippen molar-refractivity contribution < 1.29 is 0 Å². The molecule has 3 N–H and O–H groups in total. The minimum Gasteiger partial charge on any atom is -0.327 e. The average Bonchev–Trinajstić information content (AvgIpc) is 2.55. The van der Waals surface area contributed by atoms with Gasteiger partial charge in [-0.1, -0.05) is 74.5 Å². The van der Waals surface area contributed by atoms with Gasteiger partial charge in [-0.3, -0.25) is 0 Å². The summed E-state index contributed by atoms with van der Waals surface area (Å²) < 4.78 is 0. The van der Waals surface area contributed by atoms with E-state index in [0.29, 0.717) is 6.04 Å². The lowest BCUT2D eigenvalue weighted by Gasteiger charge is -2.07. The van der Waals surface area contributed by atoms with Gasteiger partial charge in [0.05, 0.1) is 0 Å². The largest absolute Gasteiger partial charge is 0.327 e.